The van der Waals surface area contributed by atoms with Crippen LogP contribution in [-0.4, -0.2) is 29.5 Å². The molecule has 4 aromatic heterocycles. The van der Waals surface area contributed by atoms with Crippen LogP contribution in [0.2, 0.25) is 0 Å². The van der Waals surface area contributed by atoms with E-state index in [2.05, 4.69) is 20.1 Å². The van der Waals surface area contributed by atoms with Crippen molar-refractivity contribution in [3.8, 4) is 22.6 Å². The Morgan fingerprint density at radius 1 is 1.00 bits per heavy atom. The number of rotatable bonds is 4. The minimum atomic E-state index is -0.246. The third kappa shape index (κ3) is 3.27. The Bertz CT molecular complexity index is 1320. The third-order valence-electron chi connectivity index (χ3n) is 4.76. The molecule has 1 N–H and O–H groups in total. The first-order valence-electron chi connectivity index (χ1n) is 9.23. The summed E-state index contributed by atoms with van der Waals surface area (Å²) in [6, 6.07) is 16.4. The highest BCUT2D eigenvalue weighted by Crippen LogP contribution is 2.30. The fourth-order valence-corrected chi connectivity index (χ4v) is 3.36. The van der Waals surface area contributed by atoms with E-state index in [-0.39, 0.29) is 5.82 Å². The van der Waals surface area contributed by atoms with Crippen molar-refractivity contribution in [3.63, 3.8) is 0 Å². The van der Waals surface area contributed by atoms with Crippen LogP contribution in [0.1, 0.15) is 17.1 Å². The quantitative estimate of drug-likeness (QED) is 0.504. The van der Waals surface area contributed by atoms with Crippen molar-refractivity contribution in [3.05, 3.63) is 90.0 Å². The molecule has 142 valence electrons. The van der Waals surface area contributed by atoms with E-state index >= 15 is 0 Å². The van der Waals surface area contributed by atoms with Gasteiger partial charge < -0.3 is 4.98 Å². The van der Waals surface area contributed by atoms with Gasteiger partial charge in [0, 0.05) is 23.9 Å². The third-order valence-corrected chi connectivity index (χ3v) is 4.76. The molecule has 29 heavy (non-hydrogen) atoms. The standard InChI is InChI=1S/C22H17FN6/c1-14-5-4-8-18(26-14)22-21(16-9-10-20-24-13-25-29(20)12-16)27-19(28-22)11-15-6-2-3-7-17(15)23/h2-10,12-13H,11H2,1H3,(H,27,28). The van der Waals surface area contributed by atoms with Crippen LogP contribution in [-0.2, 0) is 6.42 Å². The van der Waals surface area contributed by atoms with Gasteiger partial charge in [0.05, 0.1) is 17.1 Å². The van der Waals surface area contributed by atoms with Crippen LogP contribution in [0, 0.1) is 12.7 Å². The number of halogens is 1. The first-order valence-corrected chi connectivity index (χ1v) is 9.23. The summed E-state index contributed by atoms with van der Waals surface area (Å²) in [6.45, 7) is 1.95. The molecule has 0 fully saturated rings. The average Bonchev–Trinajstić information content (AvgIpc) is 3.36. The molecule has 0 saturated carbocycles. The largest absolute Gasteiger partial charge is 0.340 e. The zero-order valence-electron chi connectivity index (χ0n) is 15.7. The molecule has 7 heteroatoms. The summed E-state index contributed by atoms with van der Waals surface area (Å²) in [5.74, 6) is 0.423. The Hall–Kier alpha value is -3.87. The molecular formula is C22H17FN6. The SMILES string of the molecule is Cc1cccc(-c2[nH]c(Cc3ccccc3F)nc2-c2ccc3ncnn3c2)n1. The highest BCUT2D eigenvalue weighted by molar-refractivity contribution is 5.77. The van der Waals surface area contributed by atoms with Crippen molar-refractivity contribution in [2.45, 2.75) is 13.3 Å². The molecule has 4 heterocycles. The summed E-state index contributed by atoms with van der Waals surface area (Å²) < 4.78 is 15.9. The Kier molecular flexibility index (Phi) is 4.13. The number of imidazole rings is 1. The van der Waals surface area contributed by atoms with Gasteiger partial charge in [0.15, 0.2) is 5.65 Å². The number of aromatic nitrogens is 6. The summed E-state index contributed by atoms with van der Waals surface area (Å²) in [7, 11) is 0. The molecule has 1 aromatic carbocycles. The van der Waals surface area contributed by atoms with Gasteiger partial charge in [-0.2, -0.15) is 5.10 Å². The Labute approximate surface area is 166 Å². The van der Waals surface area contributed by atoms with Crippen LogP contribution < -0.4 is 0 Å². The van der Waals surface area contributed by atoms with Crippen molar-refractivity contribution >= 4 is 5.65 Å². The van der Waals surface area contributed by atoms with E-state index in [9.17, 15) is 4.39 Å². The highest BCUT2D eigenvalue weighted by atomic mass is 19.1. The van der Waals surface area contributed by atoms with Crippen LogP contribution in [0.5, 0.6) is 0 Å². The van der Waals surface area contributed by atoms with Crippen molar-refractivity contribution in [1.82, 2.24) is 29.5 Å². The number of nitrogens with zero attached hydrogens (tertiary/aromatic N) is 5. The molecule has 5 rings (SSSR count). The summed E-state index contributed by atoms with van der Waals surface area (Å²) in [5, 5.41) is 4.21. The summed E-state index contributed by atoms with van der Waals surface area (Å²) in [5.41, 5.74) is 5.44. The lowest BCUT2D eigenvalue weighted by Gasteiger charge is -2.04. The number of hydrogen-bond donors (Lipinski definition) is 1. The molecule has 0 aliphatic carbocycles. The van der Waals surface area contributed by atoms with Crippen molar-refractivity contribution in [1.29, 1.82) is 0 Å². The first kappa shape index (κ1) is 17.2. The number of benzene rings is 1. The smallest absolute Gasteiger partial charge is 0.155 e. The minimum absolute atomic E-state index is 0.246. The lowest BCUT2D eigenvalue weighted by molar-refractivity contribution is 0.612. The molecule has 0 unspecified atom stereocenters. The number of nitrogens with one attached hydrogen (secondary N) is 1. The molecular weight excluding hydrogens is 367 g/mol. The van der Waals surface area contributed by atoms with Gasteiger partial charge in [0.2, 0.25) is 0 Å². The monoisotopic (exact) mass is 384 g/mol. The van der Waals surface area contributed by atoms with Crippen molar-refractivity contribution in [2.75, 3.05) is 0 Å². The second kappa shape index (κ2) is 6.94. The van der Waals surface area contributed by atoms with Gasteiger partial charge >= 0.3 is 0 Å². The van der Waals surface area contributed by atoms with Crippen molar-refractivity contribution < 1.29 is 4.39 Å². The van der Waals surface area contributed by atoms with Gasteiger partial charge in [-0.05, 0) is 42.8 Å². The van der Waals surface area contributed by atoms with E-state index in [1.165, 1.54) is 12.4 Å². The molecule has 0 saturated heterocycles. The number of fused-ring (bicyclic) bond motifs is 1. The fourth-order valence-electron chi connectivity index (χ4n) is 3.36. The van der Waals surface area contributed by atoms with Gasteiger partial charge in [-0.1, -0.05) is 24.3 Å². The van der Waals surface area contributed by atoms with Gasteiger partial charge in [-0.15, -0.1) is 0 Å². The molecule has 0 aliphatic rings. The zero-order chi connectivity index (χ0) is 19.8. The molecule has 0 radical (unpaired) electrons. The van der Waals surface area contributed by atoms with Gasteiger partial charge in [0.1, 0.15) is 18.0 Å². The topological polar surface area (TPSA) is 71.8 Å². The van der Waals surface area contributed by atoms with E-state index in [0.29, 0.717) is 17.8 Å². The predicted molar refractivity (Wildman–Crippen MR) is 108 cm³/mol. The summed E-state index contributed by atoms with van der Waals surface area (Å²) >= 11 is 0. The maximum Gasteiger partial charge on any atom is 0.155 e. The maximum atomic E-state index is 14.1. The van der Waals surface area contributed by atoms with Gasteiger partial charge in [0.25, 0.3) is 0 Å². The molecule has 0 aliphatic heterocycles. The lowest BCUT2D eigenvalue weighted by atomic mass is 10.1. The number of pyridine rings is 2. The van der Waals surface area contributed by atoms with E-state index in [1.54, 1.807) is 16.6 Å². The molecule has 0 bridgehead atoms. The number of aromatic amines is 1. The van der Waals surface area contributed by atoms with E-state index < -0.39 is 0 Å². The van der Waals surface area contributed by atoms with Crippen LogP contribution in [0.25, 0.3) is 28.3 Å². The van der Waals surface area contributed by atoms with Crippen LogP contribution in [0.3, 0.4) is 0 Å². The molecule has 0 amide bonds. The number of H-pyrrole nitrogens is 1. The Morgan fingerprint density at radius 3 is 2.76 bits per heavy atom. The first-order chi connectivity index (χ1) is 14.2. The van der Waals surface area contributed by atoms with E-state index in [1.807, 2.05) is 49.5 Å². The zero-order valence-corrected chi connectivity index (χ0v) is 15.7. The Balaban J connectivity index is 1.65. The predicted octanol–water partition coefficient (Wildman–Crippen LogP) is 4.22. The van der Waals surface area contributed by atoms with Crippen LogP contribution in [0.15, 0.2) is 67.1 Å². The maximum absolute atomic E-state index is 14.1. The minimum Gasteiger partial charge on any atom is -0.340 e. The second-order valence-corrected chi connectivity index (χ2v) is 6.82. The van der Waals surface area contributed by atoms with E-state index in [4.69, 9.17) is 4.98 Å². The lowest BCUT2D eigenvalue weighted by Crippen LogP contribution is -1.94. The van der Waals surface area contributed by atoms with Crippen LogP contribution in [0.4, 0.5) is 4.39 Å². The summed E-state index contributed by atoms with van der Waals surface area (Å²) in [6.07, 6.45) is 3.75. The molecule has 0 spiro atoms. The van der Waals surface area contributed by atoms with E-state index in [0.717, 1.165) is 34.0 Å². The number of aryl methyl sites for hydroxylation is 1. The summed E-state index contributed by atoms with van der Waals surface area (Å²) in [4.78, 5) is 17.0. The molecule has 0 atom stereocenters. The van der Waals surface area contributed by atoms with Crippen molar-refractivity contribution in [2.24, 2.45) is 0 Å². The average molecular weight is 384 g/mol. The van der Waals surface area contributed by atoms with Gasteiger partial charge in [-0.25, -0.2) is 18.9 Å². The highest BCUT2D eigenvalue weighted by Gasteiger charge is 2.17. The molecule has 6 nitrogen and oxygen atoms in total. The van der Waals surface area contributed by atoms with Gasteiger partial charge in [-0.3, -0.25) is 4.98 Å². The fraction of sp³-hybridized carbons (Fsp3) is 0.0909. The second-order valence-electron chi connectivity index (χ2n) is 6.82. The normalized spacial score (nSPS) is 11.2. The number of hydrogen-bond acceptors (Lipinski definition) is 4. The van der Waals surface area contributed by atoms with Crippen LogP contribution >= 0.6 is 0 Å². The molecule has 5 aromatic rings. The Morgan fingerprint density at radius 2 is 1.90 bits per heavy atom.